The minimum absolute atomic E-state index is 0.223. The molecular weight excluding hydrogens is 346 g/mol. The van der Waals surface area contributed by atoms with Crippen LogP contribution in [0, 0.1) is 0 Å². The van der Waals surface area contributed by atoms with Crippen LogP contribution in [0.5, 0.6) is 11.5 Å². The molecule has 1 atom stereocenters. The second-order valence-corrected chi connectivity index (χ2v) is 5.54. The molecule has 0 saturated carbocycles. The van der Waals surface area contributed by atoms with E-state index in [1.165, 1.54) is 0 Å². The van der Waals surface area contributed by atoms with Gasteiger partial charge in [0.1, 0.15) is 6.04 Å². The summed E-state index contributed by atoms with van der Waals surface area (Å²) >= 11 is 0. The third kappa shape index (κ3) is 5.60. The van der Waals surface area contributed by atoms with Gasteiger partial charge in [0.25, 0.3) is 5.91 Å². The van der Waals surface area contributed by atoms with Gasteiger partial charge in [0, 0.05) is 5.56 Å². The molecule has 6 heteroatoms. The second kappa shape index (κ2) is 10.0. The van der Waals surface area contributed by atoms with Crippen molar-refractivity contribution in [3.63, 3.8) is 0 Å². The molecule has 142 valence electrons. The van der Waals surface area contributed by atoms with Crippen LogP contribution in [0.25, 0.3) is 6.08 Å². The number of amides is 1. The zero-order valence-electron chi connectivity index (χ0n) is 15.6. The summed E-state index contributed by atoms with van der Waals surface area (Å²) in [6, 6.07) is 13.1. The summed E-state index contributed by atoms with van der Waals surface area (Å²) in [5.74, 6) is 0.291. The summed E-state index contributed by atoms with van der Waals surface area (Å²) in [6.07, 6.45) is 3.30. The maximum atomic E-state index is 12.4. The van der Waals surface area contributed by atoms with E-state index in [1.54, 1.807) is 69.7 Å². The lowest BCUT2D eigenvalue weighted by Gasteiger charge is -2.14. The number of rotatable bonds is 8. The fourth-order valence-electron chi connectivity index (χ4n) is 2.40. The number of methoxy groups -OCH3 is 2. The van der Waals surface area contributed by atoms with Crippen molar-refractivity contribution in [1.29, 1.82) is 0 Å². The van der Waals surface area contributed by atoms with Crippen LogP contribution in [0.1, 0.15) is 22.8 Å². The minimum atomic E-state index is -0.911. The number of hydrogen-bond donors (Lipinski definition) is 1. The molecule has 6 nitrogen and oxygen atoms in total. The molecule has 2 aromatic carbocycles. The van der Waals surface area contributed by atoms with Gasteiger partial charge in [-0.25, -0.2) is 4.79 Å². The topological polar surface area (TPSA) is 73.9 Å². The first kappa shape index (κ1) is 20.0. The maximum absolute atomic E-state index is 12.4. The van der Waals surface area contributed by atoms with Crippen LogP contribution < -0.4 is 14.8 Å². The van der Waals surface area contributed by atoms with Crippen LogP contribution in [0.15, 0.2) is 54.6 Å². The number of ether oxygens (including phenoxy) is 3. The predicted molar refractivity (Wildman–Crippen MR) is 103 cm³/mol. The second-order valence-electron chi connectivity index (χ2n) is 5.54. The summed E-state index contributed by atoms with van der Waals surface area (Å²) in [4.78, 5) is 24.6. The van der Waals surface area contributed by atoms with E-state index in [-0.39, 0.29) is 12.5 Å². The molecule has 0 saturated heterocycles. The van der Waals surface area contributed by atoms with Crippen molar-refractivity contribution in [1.82, 2.24) is 5.32 Å². The number of carbonyl (C=O) groups is 2. The first-order valence-corrected chi connectivity index (χ1v) is 8.51. The molecule has 1 unspecified atom stereocenters. The van der Waals surface area contributed by atoms with Crippen LogP contribution >= 0.6 is 0 Å². The number of hydrogen-bond acceptors (Lipinski definition) is 5. The Morgan fingerprint density at radius 1 is 1.04 bits per heavy atom. The molecule has 0 aliphatic heterocycles. The van der Waals surface area contributed by atoms with E-state index in [1.807, 2.05) is 12.1 Å². The zero-order chi connectivity index (χ0) is 19.6. The van der Waals surface area contributed by atoms with E-state index < -0.39 is 12.0 Å². The van der Waals surface area contributed by atoms with E-state index in [9.17, 15) is 9.59 Å². The minimum Gasteiger partial charge on any atom is -0.493 e. The highest BCUT2D eigenvalue weighted by atomic mass is 16.5. The SMILES string of the molecule is CCOC(=O)C(/C=C/c1ccc(OC)c(OC)c1)NC(=O)c1ccccc1. The highest BCUT2D eigenvalue weighted by Crippen LogP contribution is 2.28. The van der Waals surface area contributed by atoms with E-state index in [4.69, 9.17) is 14.2 Å². The van der Waals surface area contributed by atoms with Crippen LogP contribution in [0.2, 0.25) is 0 Å². The number of benzene rings is 2. The van der Waals surface area contributed by atoms with Crippen molar-refractivity contribution in [2.45, 2.75) is 13.0 Å². The van der Waals surface area contributed by atoms with Gasteiger partial charge in [-0.2, -0.15) is 0 Å². The van der Waals surface area contributed by atoms with Gasteiger partial charge in [-0.05, 0) is 36.8 Å². The molecule has 0 heterocycles. The van der Waals surface area contributed by atoms with Crippen molar-refractivity contribution >= 4 is 18.0 Å². The standard InChI is InChI=1S/C21H23NO5/c1-4-27-21(24)17(22-20(23)16-8-6-5-7-9-16)12-10-15-11-13-18(25-2)19(14-15)26-3/h5-14,17H,4H2,1-3H3,(H,22,23)/b12-10+. The van der Waals surface area contributed by atoms with Crippen molar-refractivity contribution < 1.29 is 23.8 Å². The summed E-state index contributed by atoms with van der Waals surface area (Å²) in [5.41, 5.74) is 1.25. The van der Waals surface area contributed by atoms with Gasteiger partial charge in [0.15, 0.2) is 11.5 Å². The zero-order valence-corrected chi connectivity index (χ0v) is 15.6. The van der Waals surface area contributed by atoms with E-state index >= 15 is 0 Å². The third-order valence-electron chi connectivity index (χ3n) is 3.75. The van der Waals surface area contributed by atoms with Crippen molar-refractivity contribution in [3.8, 4) is 11.5 Å². The Kier molecular flexibility index (Phi) is 7.43. The lowest BCUT2D eigenvalue weighted by Crippen LogP contribution is -2.40. The molecule has 0 bridgehead atoms. The smallest absolute Gasteiger partial charge is 0.332 e. The molecule has 0 aromatic heterocycles. The molecule has 1 amide bonds. The molecule has 2 rings (SSSR count). The van der Waals surface area contributed by atoms with Gasteiger partial charge in [-0.15, -0.1) is 0 Å². The largest absolute Gasteiger partial charge is 0.493 e. The van der Waals surface area contributed by atoms with Crippen LogP contribution in [0.4, 0.5) is 0 Å². The third-order valence-corrected chi connectivity index (χ3v) is 3.75. The molecule has 0 fully saturated rings. The average molecular weight is 369 g/mol. The number of carbonyl (C=O) groups excluding carboxylic acids is 2. The molecule has 1 N–H and O–H groups in total. The van der Waals surface area contributed by atoms with Gasteiger partial charge in [-0.3, -0.25) is 4.79 Å². The molecule has 0 spiro atoms. The molecular formula is C21H23NO5. The highest BCUT2D eigenvalue weighted by Gasteiger charge is 2.20. The van der Waals surface area contributed by atoms with E-state index in [0.717, 1.165) is 5.56 Å². The first-order chi connectivity index (χ1) is 13.1. The molecule has 0 aliphatic carbocycles. The summed E-state index contributed by atoms with van der Waals surface area (Å²) in [6.45, 7) is 1.94. The Balaban J connectivity index is 2.20. The Morgan fingerprint density at radius 3 is 2.37 bits per heavy atom. The number of nitrogens with one attached hydrogen (secondary N) is 1. The fraction of sp³-hybridized carbons (Fsp3) is 0.238. The van der Waals surface area contributed by atoms with Gasteiger partial charge >= 0.3 is 5.97 Å². The van der Waals surface area contributed by atoms with Crippen LogP contribution in [0.3, 0.4) is 0 Å². The maximum Gasteiger partial charge on any atom is 0.332 e. The van der Waals surface area contributed by atoms with Gasteiger partial charge in [-0.1, -0.05) is 36.4 Å². The normalized spacial score (nSPS) is 11.7. The Hall–Kier alpha value is -3.28. The van der Waals surface area contributed by atoms with Crippen LogP contribution in [-0.4, -0.2) is 38.7 Å². The van der Waals surface area contributed by atoms with Crippen molar-refractivity contribution in [3.05, 3.63) is 65.7 Å². The van der Waals surface area contributed by atoms with Crippen molar-refractivity contribution in [2.75, 3.05) is 20.8 Å². The van der Waals surface area contributed by atoms with Gasteiger partial charge in [0.05, 0.1) is 20.8 Å². The fourth-order valence-corrected chi connectivity index (χ4v) is 2.40. The van der Waals surface area contributed by atoms with Crippen LogP contribution in [-0.2, 0) is 9.53 Å². The van der Waals surface area contributed by atoms with Gasteiger partial charge in [0.2, 0.25) is 0 Å². The molecule has 2 aromatic rings. The first-order valence-electron chi connectivity index (χ1n) is 8.51. The van der Waals surface area contributed by atoms with Crippen molar-refractivity contribution in [2.24, 2.45) is 0 Å². The lowest BCUT2D eigenvalue weighted by molar-refractivity contribution is -0.144. The molecule has 0 aliphatic rings. The van der Waals surface area contributed by atoms with E-state index in [2.05, 4.69) is 5.32 Å². The molecule has 27 heavy (non-hydrogen) atoms. The average Bonchev–Trinajstić information content (AvgIpc) is 2.71. The molecule has 0 radical (unpaired) electrons. The van der Waals surface area contributed by atoms with E-state index in [0.29, 0.717) is 17.1 Å². The number of esters is 1. The Labute approximate surface area is 158 Å². The summed E-state index contributed by atoms with van der Waals surface area (Å²) in [5, 5.41) is 2.68. The van der Waals surface area contributed by atoms with Gasteiger partial charge < -0.3 is 19.5 Å². The summed E-state index contributed by atoms with van der Waals surface area (Å²) < 4.78 is 15.5. The summed E-state index contributed by atoms with van der Waals surface area (Å²) in [7, 11) is 3.11. The Morgan fingerprint density at radius 2 is 1.74 bits per heavy atom. The monoisotopic (exact) mass is 369 g/mol. The highest BCUT2D eigenvalue weighted by molar-refractivity contribution is 5.97. The Bertz CT molecular complexity index is 801. The quantitative estimate of drug-likeness (QED) is 0.724. The lowest BCUT2D eigenvalue weighted by atomic mass is 10.1. The predicted octanol–water partition coefficient (Wildman–Crippen LogP) is 3.08.